The molecule has 1 atom stereocenters. The predicted molar refractivity (Wildman–Crippen MR) is 69.9 cm³/mol. The van der Waals surface area contributed by atoms with Crippen LogP contribution in [0.1, 0.15) is 6.92 Å². The van der Waals surface area contributed by atoms with Crippen molar-refractivity contribution in [3.8, 4) is 5.75 Å². The molecule has 4 nitrogen and oxygen atoms in total. The van der Waals surface area contributed by atoms with Crippen LogP contribution in [0.15, 0.2) is 24.3 Å². The van der Waals surface area contributed by atoms with Gasteiger partial charge >= 0.3 is 6.36 Å². The fourth-order valence-electron chi connectivity index (χ4n) is 1.34. The van der Waals surface area contributed by atoms with Crippen LogP contribution >= 0.6 is 11.6 Å². The van der Waals surface area contributed by atoms with Crippen molar-refractivity contribution in [1.29, 1.82) is 0 Å². The Morgan fingerprint density at radius 1 is 1.40 bits per heavy atom. The molecule has 0 fully saturated rings. The van der Waals surface area contributed by atoms with Gasteiger partial charge < -0.3 is 15.4 Å². The maximum absolute atomic E-state index is 12.0. The molecule has 1 amide bonds. The molecule has 0 aliphatic heterocycles. The summed E-state index contributed by atoms with van der Waals surface area (Å²) < 4.78 is 39.9. The molecule has 1 aromatic rings. The summed E-state index contributed by atoms with van der Waals surface area (Å²) in [6.45, 7) is 2.20. The van der Waals surface area contributed by atoms with Gasteiger partial charge in [0.2, 0.25) is 5.91 Å². The largest absolute Gasteiger partial charge is 0.573 e. The summed E-state index contributed by atoms with van der Waals surface area (Å²) in [6.07, 6.45) is -4.72. The summed E-state index contributed by atoms with van der Waals surface area (Å²) in [5.74, 6) is -0.608. The number of amides is 1. The normalized spacial score (nSPS) is 12.7. The Labute approximate surface area is 119 Å². The maximum Gasteiger partial charge on any atom is 0.573 e. The molecule has 0 aliphatic carbocycles. The van der Waals surface area contributed by atoms with Crippen molar-refractivity contribution in [1.82, 2.24) is 5.32 Å². The van der Waals surface area contributed by atoms with Gasteiger partial charge in [-0.05, 0) is 19.1 Å². The first-order valence-electron chi connectivity index (χ1n) is 5.79. The Bertz CT molecular complexity index is 453. The highest BCUT2D eigenvalue weighted by Gasteiger charge is 2.31. The zero-order valence-corrected chi connectivity index (χ0v) is 11.4. The molecule has 0 aromatic heterocycles. The minimum Gasteiger partial charge on any atom is -0.406 e. The summed E-state index contributed by atoms with van der Waals surface area (Å²) in [6, 6.07) is 5.45. The molecule has 0 radical (unpaired) electrons. The minimum absolute atomic E-state index is 0.303. The Hall–Kier alpha value is -1.63. The number of hydrogen-bond donors (Lipinski definition) is 2. The number of carbonyl (C=O) groups excluding carboxylic acids is 1. The standard InChI is InChI=1S/C12H14ClF3N2O2/c1-8(13)11(19)18-6-5-17-9-3-2-4-10(7-9)20-12(14,15)16/h2-4,7-8,17H,5-6H2,1H3,(H,18,19). The van der Waals surface area contributed by atoms with E-state index in [0.717, 1.165) is 0 Å². The SMILES string of the molecule is CC(Cl)C(=O)NCCNc1cccc(OC(F)(F)F)c1. The van der Waals surface area contributed by atoms with E-state index in [1.54, 1.807) is 13.0 Å². The summed E-state index contributed by atoms with van der Waals surface area (Å²) in [7, 11) is 0. The van der Waals surface area contributed by atoms with E-state index in [4.69, 9.17) is 11.6 Å². The first-order chi connectivity index (χ1) is 9.28. The quantitative estimate of drug-likeness (QED) is 0.627. The molecule has 2 N–H and O–H groups in total. The van der Waals surface area contributed by atoms with Crippen molar-refractivity contribution < 1.29 is 22.7 Å². The van der Waals surface area contributed by atoms with Crippen LogP contribution in [0.3, 0.4) is 0 Å². The van der Waals surface area contributed by atoms with E-state index in [9.17, 15) is 18.0 Å². The highest BCUT2D eigenvalue weighted by Crippen LogP contribution is 2.24. The molecule has 112 valence electrons. The van der Waals surface area contributed by atoms with Crippen LogP contribution in [-0.4, -0.2) is 30.7 Å². The van der Waals surface area contributed by atoms with Crippen LogP contribution in [0.4, 0.5) is 18.9 Å². The van der Waals surface area contributed by atoms with Crippen molar-refractivity contribution in [2.75, 3.05) is 18.4 Å². The minimum atomic E-state index is -4.72. The number of anilines is 1. The van der Waals surface area contributed by atoms with Gasteiger partial charge in [-0.1, -0.05) is 6.07 Å². The zero-order chi connectivity index (χ0) is 15.2. The summed E-state index contributed by atoms with van der Waals surface area (Å²) in [4.78, 5) is 11.1. The molecule has 0 bridgehead atoms. The second-order valence-electron chi connectivity index (χ2n) is 3.91. The van der Waals surface area contributed by atoms with Gasteiger partial charge in [0.25, 0.3) is 0 Å². The molecule has 0 saturated heterocycles. The molecule has 0 heterocycles. The van der Waals surface area contributed by atoms with E-state index in [0.29, 0.717) is 18.8 Å². The van der Waals surface area contributed by atoms with E-state index in [1.165, 1.54) is 18.2 Å². The number of carbonyl (C=O) groups is 1. The van der Waals surface area contributed by atoms with E-state index in [2.05, 4.69) is 15.4 Å². The third kappa shape index (κ3) is 6.51. The van der Waals surface area contributed by atoms with Gasteiger partial charge in [-0.15, -0.1) is 24.8 Å². The van der Waals surface area contributed by atoms with Gasteiger partial charge in [-0.3, -0.25) is 4.79 Å². The monoisotopic (exact) mass is 310 g/mol. The topological polar surface area (TPSA) is 50.4 Å². The third-order valence-electron chi connectivity index (χ3n) is 2.18. The first kappa shape index (κ1) is 16.4. The lowest BCUT2D eigenvalue weighted by Gasteiger charge is -2.12. The number of ether oxygens (including phenoxy) is 1. The number of rotatable bonds is 6. The van der Waals surface area contributed by atoms with Crippen molar-refractivity contribution in [2.45, 2.75) is 18.7 Å². The van der Waals surface area contributed by atoms with Crippen molar-refractivity contribution >= 4 is 23.2 Å². The Morgan fingerprint density at radius 3 is 2.70 bits per heavy atom. The number of hydrogen-bond acceptors (Lipinski definition) is 3. The highest BCUT2D eigenvalue weighted by atomic mass is 35.5. The van der Waals surface area contributed by atoms with Crippen LogP contribution < -0.4 is 15.4 Å². The average molecular weight is 311 g/mol. The molecule has 8 heteroatoms. The van der Waals surface area contributed by atoms with Crippen molar-refractivity contribution in [2.24, 2.45) is 0 Å². The number of alkyl halides is 4. The zero-order valence-electron chi connectivity index (χ0n) is 10.6. The lowest BCUT2D eigenvalue weighted by Crippen LogP contribution is -2.33. The molecule has 0 aliphatic rings. The molecule has 1 rings (SSSR count). The van der Waals surface area contributed by atoms with E-state index >= 15 is 0 Å². The molecular weight excluding hydrogens is 297 g/mol. The fourth-order valence-corrected chi connectivity index (χ4v) is 1.41. The van der Waals surface area contributed by atoms with E-state index in [-0.39, 0.29) is 11.7 Å². The lowest BCUT2D eigenvalue weighted by molar-refractivity contribution is -0.274. The van der Waals surface area contributed by atoms with Gasteiger partial charge in [0.15, 0.2) is 0 Å². The summed E-state index contributed by atoms with van der Waals surface area (Å²) in [5, 5.41) is 4.79. The second-order valence-corrected chi connectivity index (χ2v) is 4.56. The van der Waals surface area contributed by atoms with Gasteiger partial charge in [-0.25, -0.2) is 0 Å². The van der Waals surface area contributed by atoms with Crippen LogP contribution in [-0.2, 0) is 4.79 Å². The van der Waals surface area contributed by atoms with Gasteiger partial charge in [0, 0.05) is 24.8 Å². The van der Waals surface area contributed by atoms with Crippen molar-refractivity contribution in [3.63, 3.8) is 0 Å². The van der Waals surface area contributed by atoms with Gasteiger partial charge in [-0.2, -0.15) is 0 Å². The second kappa shape index (κ2) is 7.23. The van der Waals surface area contributed by atoms with Crippen LogP contribution in [0, 0.1) is 0 Å². The van der Waals surface area contributed by atoms with Gasteiger partial charge in [0.05, 0.1) is 0 Å². The van der Waals surface area contributed by atoms with Crippen LogP contribution in [0.2, 0.25) is 0 Å². The Balaban J connectivity index is 2.41. The Morgan fingerprint density at radius 2 is 2.10 bits per heavy atom. The summed E-state index contributed by atoms with van der Waals surface area (Å²) >= 11 is 5.55. The molecule has 1 aromatic carbocycles. The lowest BCUT2D eigenvalue weighted by atomic mass is 10.3. The number of benzene rings is 1. The number of nitrogens with one attached hydrogen (secondary N) is 2. The smallest absolute Gasteiger partial charge is 0.406 e. The third-order valence-corrected chi connectivity index (χ3v) is 2.38. The van der Waals surface area contributed by atoms with Crippen LogP contribution in [0.5, 0.6) is 5.75 Å². The Kier molecular flexibility index (Phi) is 5.94. The van der Waals surface area contributed by atoms with E-state index < -0.39 is 11.7 Å². The highest BCUT2D eigenvalue weighted by molar-refractivity contribution is 6.30. The molecule has 0 saturated carbocycles. The van der Waals surface area contributed by atoms with Crippen molar-refractivity contribution in [3.05, 3.63) is 24.3 Å². The fraction of sp³-hybridized carbons (Fsp3) is 0.417. The van der Waals surface area contributed by atoms with E-state index in [1.807, 2.05) is 0 Å². The molecule has 0 spiro atoms. The van der Waals surface area contributed by atoms with Crippen LogP contribution in [0.25, 0.3) is 0 Å². The molecule has 20 heavy (non-hydrogen) atoms. The predicted octanol–water partition coefficient (Wildman–Crippen LogP) is 2.74. The summed E-state index contributed by atoms with van der Waals surface area (Å²) in [5.41, 5.74) is 0.458. The maximum atomic E-state index is 12.0. The van der Waals surface area contributed by atoms with Gasteiger partial charge in [0.1, 0.15) is 11.1 Å². The molecule has 1 unspecified atom stereocenters. The number of halogens is 4. The first-order valence-corrected chi connectivity index (χ1v) is 6.23. The molecular formula is C12H14ClF3N2O2. The average Bonchev–Trinajstić information content (AvgIpc) is 2.32.